The van der Waals surface area contributed by atoms with Gasteiger partial charge < -0.3 is 19.4 Å². The summed E-state index contributed by atoms with van der Waals surface area (Å²) in [7, 11) is 1.74. The van der Waals surface area contributed by atoms with Crippen molar-refractivity contribution >= 4 is 17.9 Å². The fourth-order valence-corrected chi connectivity index (χ4v) is 5.00. The smallest absolute Gasteiger partial charge is 0.328 e. The predicted molar refractivity (Wildman–Crippen MR) is 119 cm³/mol. The molecule has 170 valence electrons. The highest BCUT2D eigenvalue weighted by Crippen LogP contribution is 2.38. The highest BCUT2D eigenvalue weighted by molar-refractivity contribution is 6.04. The van der Waals surface area contributed by atoms with Crippen LogP contribution >= 0.6 is 0 Å². The molecule has 4 aliphatic rings. The number of ether oxygens (including phenoxy) is 1. The number of urea groups is 1. The number of amides is 3. The summed E-state index contributed by atoms with van der Waals surface area (Å²) in [6.45, 7) is 8.23. The molecule has 0 radical (unpaired) electrons. The topological polar surface area (TPSA) is 71.9 Å². The number of morpholine rings is 1. The van der Waals surface area contributed by atoms with Crippen LogP contribution in [0.3, 0.4) is 0 Å². The monoisotopic (exact) mass is 438 g/mol. The van der Waals surface area contributed by atoms with Gasteiger partial charge in [0.05, 0.1) is 19.3 Å². The molecular weight excluding hydrogens is 408 g/mol. The summed E-state index contributed by atoms with van der Waals surface area (Å²) < 4.78 is 5.40. The third-order valence-electron chi connectivity index (χ3n) is 6.84. The molecule has 3 atom stereocenters. The van der Waals surface area contributed by atoms with E-state index in [1.807, 2.05) is 36.2 Å². The van der Waals surface area contributed by atoms with Crippen LogP contribution in [0.4, 0.5) is 4.79 Å². The second kappa shape index (κ2) is 8.22. The van der Waals surface area contributed by atoms with Gasteiger partial charge in [-0.3, -0.25) is 14.6 Å². The molecule has 0 bridgehead atoms. The molecule has 32 heavy (non-hydrogen) atoms. The minimum atomic E-state index is -0.527. The van der Waals surface area contributed by atoms with Gasteiger partial charge in [-0.15, -0.1) is 0 Å². The van der Waals surface area contributed by atoms with Crippen molar-refractivity contribution in [3.8, 4) is 0 Å². The van der Waals surface area contributed by atoms with E-state index in [1.165, 1.54) is 10.5 Å². The number of imide groups is 1. The Morgan fingerprint density at radius 2 is 1.84 bits per heavy atom. The average Bonchev–Trinajstić information content (AvgIpc) is 3.33. The largest absolute Gasteiger partial charge is 0.379 e. The van der Waals surface area contributed by atoms with Gasteiger partial charge in [0.25, 0.3) is 5.91 Å². The zero-order chi connectivity index (χ0) is 22.4. The van der Waals surface area contributed by atoms with Crippen LogP contribution in [0.25, 0.3) is 0 Å². The Bertz CT molecular complexity index is 958. The molecule has 0 saturated carbocycles. The van der Waals surface area contributed by atoms with E-state index in [9.17, 15) is 9.59 Å². The minimum Gasteiger partial charge on any atom is -0.379 e. The first-order valence-electron chi connectivity index (χ1n) is 11.2. The molecule has 9 heteroatoms. The van der Waals surface area contributed by atoms with Crippen molar-refractivity contribution in [3.05, 3.63) is 47.8 Å². The standard InChI is InChI=1S/C23H30N6O3/c1-16-15-28-19-20(24-22(28)29(16)17(2)18-7-5-4-6-8-18)25(3)23(31)27(21(19)30)10-9-26-11-13-32-14-12-26/h4-8,15,17,19-20H,9-14H2,1-3H3. The van der Waals surface area contributed by atoms with Gasteiger partial charge >= 0.3 is 6.03 Å². The SMILES string of the molecule is CC1=CN2C(=NC3C2C(=O)N(CCN2CCOCC2)C(=O)N3C)N1C(C)c1ccccc1. The van der Waals surface area contributed by atoms with Gasteiger partial charge in [-0.05, 0) is 19.4 Å². The van der Waals surface area contributed by atoms with Crippen LogP contribution in [0.15, 0.2) is 47.2 Å². The van der Waals surface area contributed by atoms with Gasteiger partial charge in [-0.1, -0.05) is 30.3 Å². The number of carbonyl (C=O) groups is 2. The van der Waals surface area contributed by atoms with Gasteiger partial charge in [0.15, 0.2) is 12.2 Å². The van der Waals surface area contributed by atoms with Crippen LogP contribution in [0.2, 0.25) is 0 Å². The summed E-state index contributed by atoms with van der Waals surface area (Å²) in [6.07, 6.45) is 1.48. The molecule has 4 heterocycles. The Kier molecular flexibility index (Phi) is 5.38. The van der Waals surface area contributed by atoms with Crippen molar-refractivity contribution in [1.82, 2.24) is 24.5 Å². The predicted octanol–water partition coefficient (Wildman–Crippen LogP) is 1.52. The summed E-state index contributed by atoms with van der Waals surface area (Å²) >= 11 is 0. The number of likely N-dealkylation sites (N-methyl/N-ethyl adjacent to an activating group) is 1. The number of carbonyl (C=O) groups excluding carboxylic acids is 2. The Balaban J connectivity index is 1.37. The van der Waals surface area contributed by atoms with Crippen molar-refractivity contribution in [1.29, 1.82) is 0 Å². The van der Waals surface area contributed by atoms with E-state index >= 15 is 0 Å². The molecule has 0 N–H and O–H groups in total. The molecule has 1 aromatic carbocycles. The van der Waals surface area contributed by atoms with E-state index in [4.69, 9.17) is 9.73 Å². The maximum Gasteiger partial charge on any atom is 0.328 e. The van der Waals surface area contributed by atoms with E-state index in [0.29, 0.717) is 26.3 Å². The van der Waals surface area contributed by atoms with Crippen molar-refractivity contribution < 1.29 is 14.3 Å². The number of nitrogens with zero attached hydrogens (tertiary/aromatic N) is 6. The first-order chi connectivity index (χ1) is 15.5. The number of rotatable bonds is 5. The Morgan fingerprint density at radius 3 is 2.56 bits per heavy atom. The Hall–Kier alpha value is -2.91. The maximum absolute atomic E-state index is 13.5. The minimum absolute atomic E-state index is 0.0601. The number of aliphatic imine (C=N–C) groups is 1. The van der Waals surface area contributed by atoms with Gasteiger partial charge in [-0.25, -0.2) is 9.79 Å². The second-order valence-corrected chi connectivity index (χ2v) is 8.76. The van der Waals surface area contributed by atoms with Crippen LogP contribution in [0.5, 0.6) is 0 Å². The van der Waals surface area contributed by atoms with Crippen molar-refractivity contribution in [2.45, 2.75) is 32.1 Å². The highest BCUT2D eigenvalue weighted by Gasteiger charge is 2.54. The molecule has 5 rings (SSSR count). The number of allylic oxidation sites excluding steroid dienone is 1. The number of guanidine groups is 1. The van der Waals surface area contributed by atoms with E-state index < -0.39 is 12.2 Å². The normalized spacial score (nSPS) is 26.8. The summed E-state index contributed by atoms with van der Waals surface area (Å²) in [6, 6.07) is 9.49. The van der Waals surface area contributed by atoms with E-state index in [1.54, 1.807) is 11.9 Å². The zero-order valence-corrected chi connectivity index (χ0v) is 18.8. The van der Waals surface area contributed by atoms with Crippen LogP contribution in [-0.2, 0) is 9.53 Å². The quantitative estimate of drug-likeness (QED) is 0.694. The van der Waals surface area contributed by atoms with Crippen LogP contribution in [-0.4, -0.2) is 101 Å². The molecule has 1 aromatic rings. The molecule has 0 spiro atoms. The summed E-state index contributed by atoms with van der Waals surface area (Å²) in [5.74, 6) is 0.556. The lowest BCUT2D eigenvalue weighted by molar-refractivity contribution is -0.136. The first-order valence-corrected chi connectivity index (χ1v) is 11.2. The second-order valence-electron chi connectivity index (χ2n) is 8.76. The molecule has 2 saturated heterocycles. The molecule has 3 amide bonds. The molecule has 3 unspecified atom stereocenters. The fraction of sp³-hybridized carbons (Fsp3) is 0.522. The van der Waals surface area contributed by atoms with E-state index in [-0.39, 0.29) is 18.0 Å². The van der Waals surface area contributed by atoms with Crippen molar-refractivity contribution in [3.63, 3.8) is 0 Å². The molecular formula is C23H30N6O3. The molecule has 0 aliphatic carbocycles. The van der Waals surface area contributed by atoms with Crippen molar-refractivity contribution in [2.75, 3.05) is 46.4 Å². The third kappa shape index (κ3) is 3.36. The lowest BCUT2D eigenvalue weighted by Gasteiger charge is -2.40. The first kappa shape index (κ1) is 21.0. The zero-order valence-electron chi connectivity index (χ0n) is 18.8. The Morgan fingerprint density at radius 1 is 1.12 bits per heavy atom. The number of hydrogen-bond acceptors (Lipinski definition) is 7. The van der Waals surface area contributed by atoms with Gasteiger partial charge in [-0.2, -0.15) is 0 Å². The Labute approximate surface area is 188 Å². The summed E-state index contributed by atoms with van der Waals surface area (Å²) in [4.78, 5) is 40.7. The van der Waals surface area contributed by atoms with E-state index in [0.717, 1.165) is 24.7 Å². The summed E-state index contributed by atoms with van der Waals surface area (Å²) in [5, 5.41) is 0. The highest BCUT2D eigenvalue weighted by atomic mass is 16.5. The van der Waals surface area contributed by atoms with Gasteiger partial charge in [0, 0.05) is 45.1 Å². The van der Waals surface area contributed by atoms with Gasteiger partial charge in [0.2, 0.25) is 5.96 Å². The van der Waals surface area contributed by atoms with E-state index in [2.05, 4.69) is 28.9 Å². The van der Waals surface area contributed by atoms with Crippen LogP contribution < -0.4 is 0 Å². The van der Waals surface area contributed by atoms with Gasteiger partial charge in [0.1, 0.15) is 0 Å². The molecule has 4 aliphatic heterocycles. The summed E-state index contributed by atoms with van der Waals surface area (Å²) in [5.41, 5.74) is 2.20. The number of hydrogen-bond donors (Lipinski definition) is 0. The van der Waals surface area contributed by atoms with Crippen molar-refractivity contribution in [2.24, 2.45) is 4.99 Å². The number of benzene rings is 1. The average molecular weight is 439 g/mol. The third-order valence-corrected chi connectivity index (χ3v) is 6.84. The fourth-order valence-electron chi connectivity index (χ4n) is 5.00. The maximum atomic E-state index is 13.5. The molecule has 9 nitrogen and oxygen atoms in total. The molecule has 0 aromatic heterocycles. The lowest BCUT2D eigenvalue weighted by atomic mass is 10.1. The number of fused-ring (bicyclic) bond motifs is 3. The molecule has 2 fully saturated rings. The lowest BCUT2D eigenvalue weighted by Crippen LogP contribution is -2.65. The van der Waals surface area contributed by atoms with Crippen LogP contribution in [0.1, 0.15) is 25.5 Å². The van der Waals surface area contributed by atoms with Crippen LogP contribution in [0, 0.1) is 0 Å².